The number of hydrogen-bond donors (Lipinski definition) is 0. The highest BCUT2D eigenvalue weighted by Crippen LogP contribution is 2.32. The second-order valence-corrected chi connectivity index (χ2v) is 7.19. The highest BCUT2D eigenvalue weighted by molar-refractivity contribution is 6.30. The average molecular weight is 382 g/mol. The molecule has 2 aliphatic heterocycles. The highest BCUT2D eigenvalue weighted by Gasteiger charge is 2.30. The first kappa shape index (κ1) is 19.1. The van der Waals surface area contributed by atoms with E-state index in [1.165, 1.54) is 0 Å². The molecular weight excluding hydrogens is 354 g/mol. The molecule has 0 aromatic heterocycles. The number of methoxy groups -OCH3 is 1. The predicted molar refractivity (Wildman–Crippen MR) is 103 cm³/mol. The van der Waals surface area contributed by atoms with Gasteiger partial charge in [-0.3, -0.25) is 4.90 Å². The molecule has 0 spiro atoms. The zero-order valence-corrected chi connectivity index (χ0v) is 16.4. The van der Waals surface area contributed by atoms with E-state index in [2.05, 4.69) is 9.80 Å². The lowest BCUT2D eigenvalue weighted by atomic mass is 10.0. The summed E-state index contributed by atoms with van der Waals surface area (Å²) in [6, 6.07) is 6.31. The lowest BCUT2D eigenvalue weighted by molar-refractivity contribution is 0.0729. The molecule has 2 aliphatic rings. The van der Waals surface area contributed by atoms with Crippen LogP contribution in [0, 0.1) is 0 Å². The fraction of sp³-hybridized carbons (Fsp3) is 0.632. The summed E-state index contributed by atoms with van der Waals surface area (Å²) in [6.45, 7) is 7.79. The topological polar surface area (TPSA) is 45.2 Å². The summed E-state index contributed by atoms with van der Waals surface area (Å²) >= 11 is 6.17. The molecule has 0 radical (unpaired) electrons. The molecule has 144 valence electrons. The van der Waals surface area contributed by atoms with Crippen molar-refractivity contribution in [3.05, 3.63) is 23.2 Å². The van der Waals surface area contributed by atoms with E-state index in [1.54, 1.807) is 7.11 Å². The fourth-order valence-electron chi connectivity index (χ4n) is 3.87. The summed E-state index contributed by atoms with van der Waals surface area (Å²) < 4.78 is 10.6. The number of piperidine rings is 1. The Labute approximate surface area is 160 Å². The van der Waals surface area contributed by atoms with Gasteiger partial charge in [-0.05, 0) is 38.0 Å². The minimum Gasteiger partial charge on any atom is -0.495 e. The quantitative estimate of drug-likeness (QED) is 0.802. The molecular formula is C19H28ClN3O3. The summed E-state index contributed by atoms with van der Waals surface area (Å²) in [5.41, 5.74) is 1.07. The van der Waals surface area contributed by atoms with Gasteiger partial charge >= 0.3 is 6.09 Å². The Bertz CT molecular complexity index is 612. The van der Waals surface area contributed by atoms with Crippen molar-refractivity contribution < 1.29 is 14.3 Å². The summed E-state index contributed by atoms with van der Waals surface area (Å²) in [5, 5.41) is 0.731. The molecule has 1 amide bonds. The summed E-state index contributed by atoms with van der Waals surface area (Å²) in [4.78, 5) is 18.5. The van der Waals surface area contributed by atoms with Gasteiger partial charge in [-0.25, -0.2) is 4.79 Å². The molecule has 0 N–H and O–H groups in total. The Morgan fingerprint density at radius 2 is 1.85 bits per heavy atom. The zero-order valence-electron chi connectivity index (χ0n) is 15.6. The van der Waals surface area contributed by atoms with Crippen LogP contribution < -0.4 is 9.64 Å². The minimum atomic E-state index is -0.177. The minimum absolute atomic E-state index is 0.177. The molecule has 1 aromatic rings. The highest BCUT2D eigenvalue weighted by atomic mass is 35.5. The molecule has 2 fully saturated rings. The van der Waals surface area contributed by atoms with Crippen molar-refractivity contribution in [1.29, 1.82) is 0 Å². The third-order valence-corrected chi connectivity index (χ3v) is 5.54. The third kappa shape index (κ3) is 4.35. The monoisotopic (exact) mass is 381 g/mol. The van der Waals surface area contributed by atoms with E-state index in [0.29, 0.717) is 12.6 Å². The van der Waals surface area contributed by atoms with Gasteiger partial charge in [0.2, 0.25) is 0 Å². The standard InChI is InChI=1S/C19H28ClN3O3/c1-3-26-19(24)23-8-6-16(7-9-23)21-10-12-22(13-11-21)17-14-15(20)4-5-18(17)25-2/h4-5,14,16H,3,6-13H2,1-2H3. The number of nitrogens with zero attached hydrogens (tertiary/aromatic N) is 3. The molecule has 0 atom stereocenters. The molecule has 0 saturated carbocycles. The van der Waals surface area contributed by atoms with E-state index in [4.69, 9.17) is 21.1 Å². The molecule has 2 heterocycles. The second-order valence-electron chi connectivity index (χ2n) is 6.76. The first-order valence-electron chi connectivity index (χ1n) is 9.36. The fourth-order valence-corrected chi connectivity index (χ4v) is 4.03. The molecule has 1 aromatic carbocycles. The van der Waals surface area contributed by atoms with Gasteiger partial charge in [0.15, 0.2) is 0 Å². The lowest BCUT2D eigenvalue weighted by Gasteiger charge is -2.43. The van der Waals surface area contributed by atoms with Gasteiger partial charge < -0.3 is 19.3 Å². The van der Waals surface area contributed by atoms with Crippen LogP contribution in [0.2, 0.25) is 5.02 Å². The number of halogens is 1. The van der Waals surface area contributed by atoms with Crippen LogP contribution in [0.5, 0.6) is 5.75 Å². The maximum Gasteiger partial charge on any atom is 0.409 e. The number of anilines is 1. The van der Waals surface area contributed by atoms with Crippen molar-refractivity contribution >= 4 is 23.4 Å². The van der Waals surface area contributed by atoms with Gasteiger partial charge in [-0.15, -0.1) is 0 Å². The van der Waals surface area contributed by atoms with Crippen LogP contribution in [0.4, 0.5) is 10.5 Å². The van der Waals surface area contributed by atoms with Gasteiger partial charge in [-0.2, -0.15) is 0 Å². The van der Waals surface area contributed by atoms with Gasteiger partial charge in [0.05, 0.1) is 19.4 Å². The van der Waals surface area contributed by atoms with Gasteiger partial charge in [0.25, 0.3) is 0 Å². The average Bonchev–Trinajstić information content (AvgIpc) is 2.68. The third-order valence-electron chi connectivity index (χ3n) is 5.30. The largest absolute Gasteiger partial charge is 0.495 e. The Morgan fingerprint density at radius 3 is 2.46 bits per heavy atom. The van der Waals surface area contributed by atoms with Crippen molar-refractivity contribution in [2.45, 2.75) is 25.8 Å². The predicted octanol–water partition coefficient (Wildman–Crippen LogP) is 3.09. The number of piperazine rings is 1. The number of rotatable bonds is 4. The second kappa shape index (κ2) is 8.82. The normalized spacial score (nSPS) is 19.5. The summed E-state index contributed by atoms with van der Waals surface area (Å²) in [6.07, 6.45) is 1.85. The number of ether oxygens (including phenoxy) is 2. The van der Waals surface area contributed by atoms with Gasteiger partial charge in [-0.1, -0.05) is 11.6 Å². The molecule has 6 nitrogen and oxygen atoms in total. The first-order valence-corrected chi connectivity index (χ1v) is 9.74. The number of benzene rings is 1. The van der Waals surface area contributed by atoms with Crippen molar-refractivity contribution in [2.75, 3.05) is 57.9 Å². The van der Waals surface area contributed by atoms with E-state index in [-0.39, 0.29) is 6.09 Å². The zero-order chi connectivity index (χ0) is 18.5. The van der Waals surface area contributed by atoms with Crippen LogP contribution in [0.1, 0.15) is 19.8 Å². The number of likely N-dealkylation sites (tertiary alicyclic amines) is 1. The Kier molecular flexibility index (Phi) is 6.48. The van der Waals surface area contributed by atoms with Crippen LogP contribution in [0.15, 0.2) is 18.2 Å². The van der Waals surface area contributed by atoms with Crippen molar-refractivity contribution in [3.8, 4) is 5.75 Å². The van der Waals surface area contributed by atoms with E-state index < -0.39 is 0 Å². The maximum absolute atomic E-state index is 11.8. The van der Waals surface area contributed by atoms with Crippen molar-refractivity contribution in [2.24, 2.45) is 0 Å². The van der Waals surface area contributed by atoms with Crippen LogP contribution in [0.3, 0.4) is 0 Å². The van der Waals surface area contributed by atoms with Crippen LogP contribution in [-0.4, -0.2) is 74.9 Å². The van der Waals surface area contributed by atoms with Gasteiger partial charge in [0, 0.05) is 50.3 Å². The number of carbonyl (C=O) groups excluding carboxylic acids is 1. The summed E-state index contributed by atoms with van der Waals surface area (Å²) in [7, 11) is 1.69. The Morgan fingerprint density at radius 1 is 1.15 bits per heavy atom. The molecule has 2 saturated heterocycles. The van der Waals surface area contributed by atoms with E-state index in [1.807, 2.05) is 30.0 Å². The van der Waals surface area contributed by atoms with E-state index in [0.717, 1.165) is 68.6 Å². The summed E-state index contributed by atoms with van der Waals surface area (Å²) in [5.74, 6) is 0.866. The van der Waals surface area contributed by atoms with Crippen molar-refractivity contribution in [1.82, 2.24) is 9.80 Å². The van der Waals surface area contributed by atoms with E-state index in [9.17, 15) is 4.79 Å². The molecule has 26 heavy (non-hydrogen) atoms. The molecule has 0 bridgehead atoms. The van der Waals surface area contributed by atoms with E-state index >= 15 is 0 Å². The molecule has 7 heteroatoms. The lowest BCUT2D eigenvalue weighted by Crippen LogP contribution is -2.53. The Balaban J connectivity index is 1.52. The SMILES string of the molecule is CCOC(=O)N1CCC(N2CCN(c3cc(Cl)ccc3OC)CC2)CC1. The molecule has 3 rings (SSSR count). The number of amides is 1. The van der Waals surface area contributed by atoms with Crippen LogP contribution in [-0.2, 0) is 4.74 Å². The Hall–Kier alpha value is -1.66. The van der Waals surface area contributed by atoms with Crippen molar-refractivity contribution in [3.63, 3.8) is 0 Å². The number of carbonyl (C=O) groups is 1. The van der Waals surface area contributed by atoms with Crippen LogP contribution >= 0.6 is 11.6 Å². The first-order chi connectivity index (χ1) is 12.6. The van der Waals surface area contributed by atoms with Gasteiger partial charge in [0.1, 0.15) is 5.75 Å². The smallest absolute Gasteiger partial charge is 0.409 e. The number of hydrogen-bond acceptors (Lipinski definition) is 5. The molecule has 0 unspecified atom stereocenters. The molecule has 0 aliphatic carbocycles. The van der Waals surface area contributed by atoms with Crippen LogP contribution in [0.25, 0.3) is 0 Å². The maximum atomic E-state index is 11.8.